The lowest BCUT2D eigenvalue weighted by molar-refractivity contribution is -0.163. The molecule has 1 aliphatic rings. The number of esters is 1. The predicted octanol–water partition coefficient (Wildman–Crippen LogP) is 0.577. The van der Waals surface area contributed by atoms with Gasteiger partial charge >= 0.3 is 12.1 Å². The summed E-state index contributed by atoms with van der Waals surface area (Å²) in [5.74, 6) is -0.396. The van der Waals surface area contributed by atoms with Crippen LogP contribution in [0.5, 0.6) is 0 Å². The van der Waals surface area contributed by atoms with Crippen molar-refractivity contribution in [3.05, 3.63) is 12.7 Å². The Morgan fingerprint density at radius 2 is 2.50 bits per heavy atom. The van der Waals surface area contributed by atoms with E-state index in [0.717, 1.165) is 0 Å². The molecule has 0 saturated carbocycles. The second-order valence-electron chi connectivity index (χ2n) is 3.16. The highest BCUT2D eigenvalue weighted by Crippen LogP contribution is 2.16. The first-order valence-corrected chi connectivity index (χ1v) is 5.02. The first-order valence-electron chi connectivity index (χ1n) is 5.02. The van der Waals surface area contributed by atoms with Crippen LogP contribution in [0.4, 0.5) is 4.79 Å². The molecule has 1 aliphatic heterocycles. The molecular weight excluding hydrogens is 214 g/mol. The van der Waals surface area contributed by atoms with E-state index in [1.54, 1.807) is 6.92 Å². The number of cyclic esters (lactones) is 1. The van der Waals surface area contributed by atoms with E-state index in [1.165, 1.54) is 6.08 Å². The molecule has 0 bridgehead atoms. The topological polar surface area (TPSA) is 73.9 Å². The van der Waals surface area contributed by atoms with Crippen LogP contribution in [0.2, 0.25) is 0 Å². The second kappa shape index (κ2) is 6.12. The first-order chi connectivity index (χ1) is 7.67. The number of carbonyl (C=O) groups excluding carboxylic acids is 2. The summed E-state index contributed by atoms with van der Waals surface area (Å²) in [6.07, 6.45) is 0.200. The number of nitrogens with one attached hydrogen (secondary N) is 1. The van der Waals surface area contributed by atoms with E-state index in [-0.39, 0.29) is 13.0 Å². The van der Waals surface area contributed by atoms with Crippen molar-refractivity contribution >= 4 is 12.1 Å². The lowest BCUT2D eigenvalue weighted by atomic mass is 10.2. The summed E-state index contributed by atoms with van der Waals surface area (Å²) in [6.45, 7) is 5.71. The molecule has 1 rings (SSSR count). The van der Waals surface area contributed by atoms with E-state index in [0.29, 0.717) is 6.61 Å². The molecule has 0 aliphatic carbocycles. The van der Waals surface area contributed by atoms with Gasteiger partial charge in [0, 0.05) is 6.61 Å². The summed E-state index contributed by atoms with van der Waals surface area (Å²) in [5, 5.41) is 2.50. The fourth-order valence-corrected chi connectivity index (χ4v) is 1.30. The van der Waals surface area contributed by atoms with Crippen molar-refractivity contribution in [3.8, 4) is 0 Å². The van der Waals surface area contributed by atoms with Gasteiger partial charge in [0.1, 0.15) is 12.6 Å². The van der Waals surface area contributed by atoms with Gasteiger partial charge in [-0.1, -0.05) is 12.7 Å². The Labute approximate surface area is 93.5 Å². The molecule has 16 heavy (non-hydrogen) atoms. The number of rotatable bonds is 5. The fraction of sp³-hybridized carbons (Fsp3) is 0.600. The highest BCUT2D eigenvalue weighted by Gasteiger charge is 2.36. The van der Waals surface area contributed by atoms with Gasteiger partial charge in [-0.15, -0.1) is 0 Å². The van der Waals surface area contributed by atoms with Crippen LogP contribution in [0.1, 0.15) is 13.3 Å². The lowest BCUT2D eigenvalue weighted by Gasteiger charge is -2.17. The van der Waals surface area contributed by atoms with Gasteiger partial charge in [-0.2, -0.15) is 0 Å². The third-order valence-electron chi connectivity index (χ3n) is 1.93. The van der Waals surface area contributed by atoms with E-state index in [1.807, 2.05) is 0 Å². The number of carbonyl (C=O) groups is 2. The molecule has 0 aromatic heterocycles. The number of hydrogen-bond donors (Lipinski definition) is 1. The molecule has 2 atom stereocenters. The van der Waals surface area contributed by atoms with Crippen molar-refractivity contribution in [1.29, 1.82) is 0 Å². The van der Waals surface area contributed by atoms with E-state index >= 15 is 0 Å². The fourth-order valence-electron chi connectivity index (χ4n) is 1.30. The average molecular weight is 229 g/mol. The smallest absolute Gasteiger partial charge is 0.407 e. The summed E-state index contributed by atoms with van der Waals surface area (Å²) < 4.78 is 14.8. The van der Waals surface area contributed by atoms with Crippen molar-refractivity contribution in [2.24, 2.45) is 0 Å². The maximum absolute atomic E-state index is 11.2. The minimum atomic E-state index is -0.728. The molecule has 0 aromatic carbocycles. The minimum absolute atomic E-state index is 0.0911. The van der Waals surface area contributed by atoms with E-state index in [9.17, 15) is 9.59 Å². The van der Waals surface area contributed by atoms with Gasteiger partial charge in [0.15, 0.2) is 0 Å². The third-order valence-corrected chi connectivity index (χ3v) is 1.93. The summed E-state index contributed by atoms with van der Waals surface area (Å²) in [4.78, 5) is 22.2. The van der Waals surface area contributed by atoms with Gasteiger partial charge < -0.3 is 19.5 Å². The Morgan fingerprint density at radius 3 is 3.12 bits per heavy atom. The van der Waals surface area contributed by atoms with Crippen LogP contribution in [0.15, 0.2) is 12.7 Å². The van der Waals surface area contributed by atoms with Crippen LogP contribution in [-0.2, 0) is 19.0 Å². The van der Waals surface area contributed by atoms with Gasteiger partial charge in [-0.05, 0) is 6.92 Å². The molecule has 1 fully saturated rings. The Bertz CT molecular complexity index is 278. The zero-order chi connectivity index (χ0) is 12.0. The van der Waals surface area contributed by atoms with Gasteiger partial charge in [0.05, 0.1) is 6.42 Å². The highest BCUT2D eigenvalue weighted by atomic mass is 16.7. The SMILES string of the molecule is C=CCOC(=O)N[C@H]1CC(=O)O[C@H]1OCC. The normalized spacial score (nSPS) is 23.7. The number of hydrogen-bond acceptors (Lipinski definition) is 5. The molecule has 0 spiro atoms. The Hall–Kier alpha value is -1.56. The first kappa shape index (κ1) is 12.5. The van der Waals surface area contributed by atoms with Gasteiger partial charge in [0.2, 0.25) is 6.29 Å². The molecule has 0 unspecified atom stereocenters. The molecule has 6 heteroatoms. The second-order valence-corrected chi connectivity index (χ2v) is 3.16. The van der Waals surface area contributed by atoms with Crippen molar-refractivity contribution in [1.82, 2.24) is 5.32 Å². The van der Waals surface area contributed by atoms with Crippen molar-refractivity contribution in [3.63, 3.8) is 0 Å². The average Bonchev–Trinajstić information content (AvgIpc) is 2.56. The van der Waals surface area contributed by atoms with E-state index in [4.69, 9.17) is 14.2 Å². The largest absolute Gasteiger partial charge is 0.445 e. The highest BCUT2D eigenvalue weighted by molar-refractivity contribution is 5.75. The molecule has 0 radical (unpaired) electrons. The molecule has 1 heterocycles. The Balaban J connectivity index is 2.41. The lowest BCUT2D eigenvalue weighted by Crippen LogP contribution is -2.41. The van der Waals surface area contributed by atoms with Crippen molar-refractivity contribution < 1.29 is 23.8 Å². The van der Waals surface area contributed by atoms with Crippen molar-refractivity contribution in [2.75, 3.05) is 13.2 Å². The molecule has 1 N–H and O–H groups in total. The van der Waals surface area contributed by atoms with Crippen LogP contribution in [0.25, 0.3) is 0 Å². The summed E-state index contributed by atoms with van der Waals surface area (Å²) in [6, 6.07) is -0.496. The Kier molecular flexibility index (Phi) is 4.78. The van der Waals surface area contributed by atoms with E-state index in [2.05, 4.69) is 11.9 Å². The zero-order valence-electron chi connectivity index (χ0n) is 9.10. The zero-order valence-corrected chi connectivity index (χ0v) is 9.10. The van der Waals surface area contributed by atoms with Crippen LogP contribution in [0, 0.1) is 0 Å². The van der Waals surface area contributed by atoms with Gasteiger partial charge in [-0.3, -0.25) is 4.79 Å². The Morgan fingerprint density at radius 1 is 1.75 bits per heavy atom. The maximum Gasteiger partial charge on any atom is 0.407 e. The molecule has 6 nitrogen and oxygen atoms in total. The number of alkyl carbamates (subject to hydrolysis) is 1. The predicted molar refractivity (Wildman–Crippen MR) is 54.6 cm³/mol. The monoisotopic (exact) mass is 229 g/mol. The summed E-state index contributed by atoms with van der Waals surface area (Å²) in [5.41, 5.74) is 0. The number of ether oxygens (including phenoxy) is 3. The van der Waals surface area contributed by atoms with Gasteiger partial charge in [0.25, 0.3) is 0 Å². The van der Waals surface area contributed by atoms with Crippen LogP contribution >= 0.6 is 0 Å². The molecule has 90 valence electrons. The standard InChI is InChI=1S/C10H15NO5/c1-3-5-15-10(13)11-7-6-8(12)16-9(7)14-4-2/h3,7,9H,1,4-6H2,2H3,(H,11,13)/t7-,9+/m0/s1. The summed E-state index contributed by atoms with van der Waals surface area (Å²) in [7, 11) is 0. The minimum Gasteiger partial charge on any atom is -0.445 e. The molecular formula is C10H15NO5. The van der Waals surface area contributed by atoms with Crippen LogP contribution in [0.3, 0.4) is 0 Å². The van der Waals surface area contributed by atoms with Crippen LogP contribution < -0.4 is 5.32 Å². The van der Waals surface area contributed by atoms with Gasteiger partial charge in [-0.25, -0.2) is 4.79 Å². The van der Waals surface area contributed by atoms with Crippen molar-refractivity contribution in [2.45, 2.75) is 25.7 Å². The quantitative estimate of drug-likeness (QED) is 0.551. The third kappa shape index (κ3) is 3.54. The molecule has 1 amide bonds. The molecule has 0 aromatic rings. The molecule has 1 saturated heterocycles. The maximum atomic E-state index is 11.2. The summed E-state index contributed by atoms with van der Waals surface area (Å²) >= 11 is 0. The number of amides is 1. The van der Waals surface area contributed by atoms with Crippen LogP contribution in [-0.4, -0.2) is 37.6 Å². The van der Waals surface area contributed by atoms with E-state index < -0.39 is 24.4 Å².